The first-order valence-electron chi connectivity index (χ1n) is 6.51. The molecule has 2 aliphatic carbocycles. The fraction of sp³-hybridized carbons (Fsp3) is 0.923. The summed E-state index contributed by atoms with van der Waals surface area (Å²) in [4.78, 5) is 11.7. The number of hydrogen-bond donors (Lipinski definition) is 0. The molecule has 0 aliphatic heterocycles. The molecule has 0 aromatic rings. The average Bonchev–Trinajstić information content (AvgIpc) is 2.84. The van der Waals surface area contributed by atoms with Crippen LogP contribution in [0.2, 0.25) is 0 Å². The third kappa shape index (κ3) is 2.69. The molecular weight excluding hydrogens is 220 g/mol. The van der Waals surface area contributed by atoms with Gasteiger partial charge in [-0.3, -0.25) is 4.79 Å². The van der Waals surface area contributed by atoms with Crippen molar-refractivity contribution in [2.24, 2.45) is 5.41 Å². The highest BCUT2D eigenvalue weighted by molar-refractivity contribution is 5.92. The molecule has 2 rings (SSSR count). The second kappa shape index (κ2) is 5.94. The normalized spacial score (nSPS) is 26.4. The minimum absolute atomic E-state index is 0.105. The van der Waals surface area contributed by atoms with E-state index in [0.717, 1.165) is 12.8 Å². The first-order valence-corrected chi connectivity index (χ1v) is 6.51. The first-order chi connectivity index (χ1) is 8.29. The topological polar surface area (TPSA) is 44.8 Å². The summed E-state index contributed by atoms with van der Waals surface area (Å²) < 4.78 is 16.0. The van der Waals surface area contributed by atoms with Crippen molar-refractivity contribution in [2.45, 2.75) is 38.2 Å². The van der Waals surface area contributed by atoms with Crippen molar-refractivity contribution in [3.05, 3.63) is 0 Å². The second-order valence-electron chi connectivity index (χ2n) is 4.96. The Morgan fingerprint density at radius 2 is 1.88 bits per heavy atom. The fourth-order valence-electron chi connectivity index (χ4n) is 2.93. The van der Waals surface area contributed by atoms with Crippen molar-refractivity contribution in [3.63, 3.8) is 0 Å². The number of carbonyl (C=O) groups is 1. The van der Waals surface area contributed by atoms with Gasteiger partial charge in [0.15, 0.2) is 0 Å². The average molecular weight is 242 g/mol. The molecule has 2 aliphatic rings. The second-order valence-corrected chi connectivity index (χ2v) is 4.96. The number of rotatable bonds is 7. The Morgan fingerprint density at radius 1 is 1.18 bits per heavy atom. The Bertz CT molecular complexity index is 258. The van der Waals surface area contributed by atoms with Gasteiger partial charge in [0.05, 0.1) is 37.9 Å². The van der Waals surface area contributed by atoms with Crippen LogP contribution in [-0.2, 0) is 19.0 Å². The standard InChI is InChI=1S/C13H22O4/c1-15-6-7-16-8-9-17-12-10-11(14)13(12)4-2-3-5-13/h12H,2-10H2,1H3. The first kappa shape index (κ1) is 13.0. The van der Waals surface area contributed by atoms with Crippen molar-refractivity contribution in [1.82, 2.24) is 0 Å². The van der Waals surface area contributed by atoms with Crippen molar-refractivity contribution in [3.8, 4) is 0 Å². The lowest BCUT2D eigenvalue weighted by atomic mass is 9.63. The highest BCUT2D eigenvalue weighted by atomic mass is 16.5. The molecular formula is C13H22O4. The van der Waals surface area contributed by atoms with Gasteiger partial charge in [-0.05, 0) is 12.8 Å². The zero-order valence-corrected chi connectivity index (χ0v) is 10.6. The van der Waals surface area contributed by atoms with E-state index in [0.29, 0.717) is 38.6 Å². The summed E-state index contributed by atoms with van der Waals surface area (Å²) in [5, 5.41) is 0. The fourth-order valence-corrected chi connectivity index (χ4v) is 2.93. The largest absolute Gasteiger partial charge is 0.382 e. The van der Waals surface area contributed by atoms with Gasteiger partial charge in [-0.2, -0.15) is 0 Å². The molecule has 2 saturated carbocycles. The molecule has 0 radical (unpaired) electrons. The van der Waals surface area contributed by atoms with Gasteiger partial charge in [0.2, 0.25) is 0 Å². The van der Waals surface area contributed by atoms with Crippen LogP contribution in [0.4, 0.5) is 0 Å². The molecule has 0 N–H and O–H groups in total. The Labute approximate surface area is 103 Å². The number of ether oxygens (including phenoxy) is 3. The minimum Gasteiger partial charge on any atom is -0.382 e. The minimum atomic E-state index is -0.105. The molecule has 0 amide bonds. The van der Waals surface area contributed by atoms with E-state index in [1.807, 2.05) is 0 Å². The molecule has 4 heteroatoms. The van der Waals surface area contributed by atoms with Gasteiger partial charge in [-0.1, -0.05) is 12.8 Å². The Kier molecular flexibility index (Phi) is 4.54. The van der Waals surface area contributed by atoms with E-state index in [-0.39, 0.29) is 11.5 Å². The van der Waals surface area contributed by atoms with Gasteiger partial charge >= 0.3 is 0 Å². The van der Waals surface area contributed by atoms with Crippen LogP contribution < -0.4 is 0 Å². The quantitative estimate of drug-likeness (QED) is 0.636. The highest BCUT2D eigenvalue weighted by Gasteiger charge is 2.56. The van der Waals surface area contributed by atoms with Gasteiger partial charge in [-0.25, -0.2) is 0 Å². The molecule has 1 atom stereocenters. The van der Waals surface area contributed by atoms with Crippen LogP contribution in [0.15, 0.2) is 0 Å². The summed E-state index contributed by atoms with van der Waals surface area (Å²) in [6.07, 6.45) is 5.18. The van der Waals surface area contributed by atoms with E-state index in [4.69, 9.17) is 14.2 Å². The smallest absolute Gasteiger partial charge is 0.144 e. The molecule has 4 nitrogen and oxygen atoms in total. The summed E-state index contributed by atoms with van der Waals surface area (Å²) >= 11 is 0. The zero-order valence-electron chi connectivity index (χ0n) is 10.6. The van der Waals surface area contributed by atoms with Crippen LogP contribution >= 0.6 is 0 Å². The molecule has 0 aromatic heterocycles. The molecule has 17 heavy (non-hydrogen) atoms. The molecule has 0 heterocycles. The monoisotopic (exact) mass is 242 g/mol. The van der Waals surface area contributed by atoms with Crippen LogP contribution in [0.3, 0.4) is 0 Å². The van der Waals surface area contributed by atoms with Crippen molar-refractivity contribution in [2.75, 3.05) is 33.5 Å². The Balaban J connectivity index is 1.62. The van der Waals surface area contributed by atoms with Crippen LogP contribution in [0.5, 0.6) is 0 Å². The van der Waals surface area contributed by atoms with Gasteiger partial charge in [0, 0.05) is 13.5 Å². The van der Waals surface area contributed by atoms with E-state index < -0.39 is 0 Å². The van der Waals surface area contributed by atoms with E-state index in [1.165, 1.54) is 12.8 Å². The summed E-state index contributed by atoms with van der Waals surface area (Å²) in [5.74, 6) is 0.417. The van der Waals surface area contributed by atoms with Crippen molar-refractivity contribution in [1.29, 1.82) is 0 Å². The lowest BCUT2D eigenvalue weighted by molar-refractivity contribution is -0.164. The number of methoxy groups -OCH3 is 1. The molecule has 1 unspecified atom stereocenters. The maximum atomic E-state index is 11.7. The van der Waals surface area contributed by atoms with E-state index in [9.17, 15) is 4.79 Å². The number of hydrogen-bond acceptors (Lipinski definition) is 4. The predicted molar refractivity (Wildman–Crippen MR) is 63.0 cm³/mol. The van der Waals surface area contributed by atoms with Gasteiger partial charge in [0.1, 0.15) is 5.78 Å². The lowest BCUT2D eigenvalue weighted by Gasteiger charge is -2.44. The molecule has 0 aromatic carbocycles. The zero-order chi connectivity index (χ0) is 12.1. The van der Waals surface area contributed by atoms with E-state index in [1.54, 1.807) is 7.11 Å². The van der Waals surface area contributed by atoms with Crippen molar-refractivity contribution >= 4 is 5.78 Å². The maximum absolute atomic E-state index is 11.7. The van der Waals surface area contributed by atoms with Gasteiger partial charge in [-0.15, -0.1) is 0 Å². The molecule has 2 fully saturated rings. The van der Waals surface area contributed by atoms with E-state index >= 15 is 0 Å². The molecule has 1 spiro atoms. The van der Waals surface area contributed by atoms with Gasteiger partial charge in [0.25, 0.3) is 0 Å². The maximum Gasteiger partial charge on any atom is 0.144 e. The number of carbonyl (C=O) groups excluding carboxylic acids is 1. The molecule has 0 saturated heterocycles. The Hall–Kier alpha value is -0.450. The summed E-state index contributed by atoms with van der Waals surface area (Å²) in [5.41, 5.74) is -0.105. The van der Waals surface area contributed by atoms with E-state index in [2.05, 4.69) is 0 Å². The summed E-state index contributed by atoms with van der Waals surface area (Å²) in [7, 11) is 1.66. The summed E-state index contributed by atoms with van der Waals surface area (Å²) in [6.45, 7) is 2.40. The number of ketones is 1. The summed E-state index contributed by atoms with van der Waals surface area (Å²) in [6, 6.07) is 0. The van der Waals surface area contributed by atoms with Crippen LogP contribution in [0, 0.1) is 5.41 Å². The molecule has 98 valence electrons. The number of Topliss-reactive ketones (excluding diaryl/α,β-unsaturated/α-hetero) is 1. The molecule has 0 bridgehead atoms. The van der Waals surface area contributed by atoms with Crippen LogP contribution in [0.1, 0.15) is 32.1 Å². The van der Waals surface area contributed by atoms with Crippen molar-refractivity contribution < 1.29 is 19.0 Å². The SMILES string of the molecule is COCCOCCOC1CC(=O)C12CCCC2. The third-order valence-electron chi connectivity index (χ3n) is 4.02. The Morgan fingerprint density at radius 3 is 2.53 bits per heavy atom. The van der Waals surface area contributed by atoms with Crippen LogP contribution in [-0.4, -0.2) is 45.4 Å². The van der Waals surface area contributed by atoms with Gasteiger partial charge < -0.3 is 14.2 Å². The predicted octanol–water partition coefficient (Wildman–Crippen LogP) is 1.57. The highest BCUT2D eigenvalue weighted by Crippen LogP contribution is 2.51. The van der Waals surface area contributed by atoms with Crippen LogP contribution in [0.25, 0.3) is 0 Å². The lowest BCUT2D eigenvalue weighted by Crippen LogP contribution is -2.53. The third-order valence-corrected chi connectivity index (χ3v) is 4.02.